The van der Waals surface area contributed by atoms with Crippen molar-refractivity contribution in [3.63, 3.8) is 0 Å². The number of fused-ring (bicyclic) bond motifs is 1. The number of benzene rings is 1. The second kappa shape index (κ2) is 4.67. The van der Waals surface area contributed by atoms with Crippen molar-refractivity contribution in [2.45, 2.75) is 38.1 Å². The van der Waals surface area contributed by atoms with Crippen molar-refractivity contribution in [2.24, 2.45) is 5.73 Å². The first-order chi connectivity index (χ1) is 7.33. The SMILES string of the molecule is CCCCC(N)C1COc2ccccc21. The zero-order valence-corrected chi connectivity index (χ0v) is 9.28. The summed E-state index contributed by atoms with van der Waals surface area (Å²) >= 11 is 0. The van der Waals surface area contributed by atoms with E-state index in [0.717, 1.165) is 18.8 Å². The average molecular weight is 205 g/mol. The Bertz CT molecular complexity index is 324. The van der Waals surface area contributed by atoms with Crippen LogP contribution in [0.1, 0.15) is 37.7 Å². The van der Waals surface area contributed by atoms with E-state index in [9.17, 15) is 0 Å². The molecule has 0 aromatic heterocycles. The van der Waals surface area contributed by atoms with Gasteiger partial charge >= 0.3 is 0 Å². The molecule has 1 aromatic rings. The summed E-state index contributed by atoms with van der Waals surface area (Å²) in [5.74, 6) is 1.42. The van der Waals surface area contributed by atoms with Crippen molar-refractivity contribution < 1.29 is 4.74 Å². The molecule has 2 unspecified atom stereocenters. The van der Waals surface area contributed by atoms with Crippen LogP contribution in [0.25, 0.3) is 0 Å². The maximum atomic E-state index is 6.20. The molecule has 0 bridgehead atoms. The minimum atomic E-state index is 0.244. The first kappa shape index (κ1) is 10.5. The zero-order chi connectivity index (χ0) is 10.7. The maximum Gasteiger partial charge on any atom is 0.122 e. The lowest BCUT2D eigenvalue weighted by Gasteiger charge is -2.17. The van der Waals surface area contributed by atoms with Crippen molar-refractivity contribution in [1.29, 1.82) is 0 Å². The van der Waals surface area contributed by atoms with Crippen LogP contribution in [0.5, 0.6) is 5.75 Å². The predicted molar refractivity (Wildman–Crippen MR) is 62.2 cm³/mol. The lowest BCUT2D eigenvalue weighted by Crippen LogP contribution is -2.29. The van der Waals surface area contributed by atoms with E-state index in [1.54, 1.807) is 0 Å². The summed E-state index contributed by atoms with van der Waals surface area (Å²) < 4.78 is 5.63. The van der Waals surface area contributed by atoms with Crippen LogP contribution in [0, 0.1) is 0 Å². The van der Waals surface area contributed by atoms with E-state index >= 15 is 0 Å². The standard InChI is InChI=1S/C13H19NO/c1-2-3-7-12(14)11-9-15-13-8-5-4-6-10(11)13/h4-6,8,11-12H,2-3,7,9,14H2,1H3. The molecule has 0 fully saturated rings. The van der Waals surface area contributed by atoms with E-state index in [4.69, 9.17) is 10.5 Å². The minimum absolute atomic E-state index is 0.244. The zero-order valence-electron chi connectivity index (χ0n) is 9.28. The molecule has 15 heavy (non-hydrogen) atoms. The fourth-order valence-corrected chi connectivity index (χ4v) is 2.18. The number of ether oxygens (including phenoxy) is 1. The molecule has 1 heterocycles. The van der Waals surface area contributed by atoms with Gasteiger partial charge < -0.3 is 10.5 Å². The molecule has 0 saturated carbocycles. The van der Waals surface area contributed by atoms with Gasteiger partial charge in [0.05, 0.1) is 6.61 Å². The van der Waals surface area contributed by atoms with Gasteiger partial charge in [0.25, 0.3) is 0 Å². The molecule has 0 radical (unpaired) electrons. The fourth-order valence-electron chi connectivity index (χ4n) is 2.18. The Hall–Kier alpha value is -1.02. The van der Waals surface area contributed by atoms with Gasteiger partial charge in [-0.05, 0) is 12.5 Å². The van der Waals surface area contributed by atoms with Crippen LogP contribution in [0.4, 0.5) is 0 Å². The quantitative estimate of drug-likeness (QED) is 0.820. The van der Waals surface area contributed by atoms with Crippen molar-refractivity contribution in [3.05, 3.63) is 29.8 Å². The van der Waals surface area contributed by atoms with Crippen molar-refractivity contribution in [3.8, 4) is 5.75 Å². The third-order valence-corrected chi connectivity index (χ3v) is 3.14. The minimum Gasteiger partial charge on any atom is -0.493 e. The van der Waals surface area contributed by atoms with Gasteiger partial charge in [-0.25, -0.2) is 0 Å². The van der Waals surface area contributed by atoms with E-state index in [-0.39, 0.29) is 6.04 Å². The van der Waals surface area contributed by atoms with Gasteiger partial charge in [0.2, 0.25) is 0 Å². The summed E-state index contributed by atoms with van der Waals surface area (Å²) in [6.45, 7) is 2.95. The Morgan fingerprint density at radius 3 is 3.07 bits per heavy atom. The summed E-state index contributed by atoms with van der Waals surface area (Å²) in [5, 5.41) is 0. The summed E-state index contributed by atoms with van der Waals surface area (Å²) in [5.41, 5.74) is 7.49. The number of hydrogen-bond acceptors (Lipinski definition) is 2. The Balaban J connectivity index is 2.06. The molecule has 0 spiro atoms. The first-order valence-corrected chi connectivity index (χ1v) is 5.80. The van der Waals surface area contributed by atoms with E-state index in [1.165, 1.54) is 18.4 Å². The molecule has 2 rings (SSSR count). The molecule has 2 atom stereocenters. The molecule has 82 valence electrons. The van der Waals surface area contributed by atoms with E-state index < -0.39 is 0 Å². The molecule has 2 N–H and O–H groups in total. The highest BCUT2D eigenvalue weighted by Crippen LogP contribution is 2.35. The highest BCUT2D eigenvalue weighted by molar-refractivity contribution is 5.40. The molecule has 2 heteroatoms. The van der Waals surface area contributed by atoms with Gasteiger partial charge in [-0.2, -0.15) is 0 Å². The molecule has 1 aromatic carbocycles. The van der Waals surface area contributed by atoms with Crippen LogP contribution < -0.4 is 10.5 Å². The summed E-state index contributed by atoms with van der Waals surface area (Å²) in [4.78, 5) is 0. The van der Waals surface area contributed by atoms with Gasteiger partial charge in [0.15, 0.2) is 0 Å². The lowest BCUT2D eigenvalue weighted by atomic mass is 9.91. The molecule has 2 nitrogen and oxygen atoms in total. The van der Waals surface area contributed by atoms with Gasteiger partial charge in [-0.15, -0.1) is 0 Å². The van der Waals surface area contributed by atoms with E-state index in [1.807, 2.05) is 12.1 Å². The number of hydrogen-bond donors (Lipinski definition) is 1. The molecule has 1 aliphatic rings. The number of unbranched alkanes of at least 4 members (excludes halogenated alkanes) is 1. The highest BCUT2D eigenvalue weighted by Gasteiger charge is 2.28. The van der Waals surface area contributed by atoms with Crippen LogP contribution in [-0.4, -0.2) is 12.6 Å². The van der Waals surface area contributed by atoms with Crippen molar-refractivity contribution >= 4 is 0 Å². The number of rotatable bonds is 4. The second-order valence-corrected chi connectivity index (χ2v) is 4.26. The third-order valence-electron chi connectivity index (χ3n) is 3.14. The monoisotopic (exact) mass is 205 g/mol. The predicted octanol–water partition coefficient (Wildman–Crippen LogP) is 2.68. The summed E-state index contributed by atoms with van der Waals surface area (Å²) in [6, 6.07) is 8.49. The fraction of sp³-hybridized carbons (Fsp3) is 0.538. The Kier molecular flexibility index (Phi) is 3.27. The van der Waals surface area contributed by atoms with Crippen LogP contribution in [0.2, 0.25) is 0 Å². The summed E-state index contributed by atoms with van der Waals surface area (Å²) in [6.07, 6.45) is 3.52. The summed E-state index contributed by atoms with van der Waals surface area (Å²) in [7, 11) is 0. The largest absolute Gasteiger partial charge is 0.493 e. The van der Waals surface area contributed by atoms with Gasteiger partial charge in [-0.1, -0.05) is 38.0 Å². The molecule has 1 aliphatic heterocycles. The van der Waals surface area contributed by atoms with Gasteiger partial charge in [0, 0.05) is 17.5 Å². The van der Waals surface area contributed by atoms with E-state index in [0.29, 0.717) is 5.92 Å². The number of para-hydroxylation sites is 1. The molecule has 0 amide bonds. The second-order valence-electron chi connectivity index (χ2n) is 4.26. The molecular formula is C13H19NO. The topological polar surface area (TPSA) is 35.2 Å². The van der Waals surface area contributed by atoms with Crippen LogP contribution in [0.3, 0.4) is 0 Å². The Morgan fingerprint density at radius 2 is 2.27 bits per heavy atom. The Labute approximate surface area is 91.4 Å². The molecule has 0 aliphatic carbocycles. The highest BCUT2D eigenvalue weighted by atomic mass is 16.5. The van der Waals surface area contributed by atoms with Gasteiger partial charge in [-0.3, -0.25) is 0 Å². The lowest BCUT2D eigenvalue weighted by molar-refractivity contribution is 0.308. The van der Waals surface area contributed by atoms with E-state index in [2.05, 4.69) is 19.1 Å². The van der Waals surface area contributed by atoms with Gasteiger partial charge in [0.1, 0.15) is 5.75 Å². The molecular weight excluding hydrogens is 186 g/mol. The molecule has 0 saturated heterocycles. The van der Waals surface area contributed by atoms with Crippen LogP contribution in [-0.2, 0) is 0 Å². The maximum absolute atomic E-state index is 6.20. The first-order valence-electron chi connectivity index (χ1n) is 5.80. The average Bonchev–Trinajstić information content (AvgIpc) is 2.69. The van der Waals surface area contributed by atoms with Crippen molar-refractivity contribution in [2.75, 3.05) is 6.61 Å². The number of nitrogens with two attached hydrogens (primary N) is 1. The normalized spacial score (nSPS) is 20.8. The van der Waals surface area contributed by atoms with Crippen LogP contribution in [0.15, 0.2) is 24.3 Å². The Morgan fingerprint density at radius 1 is 1.47 bits per heavy atom. The third kappa shape index (κ3) is 2.15. The smallest absolute Gasteiger partial charge is 0.122 e. The van der Waals surface area contributed by atoms with Crippen molar-refractivity contribution in [1.82, 2.24) is 0 Å². The van der Waals surface area contributed by atoms with Crippen LogP contribution >= 0.6 is 0 Å².